The van der Waals surface area contributed by atoms with Crippen LogP contribution in [0.4, 0.5) is 5.69 Å². The maximum Gasteiger partial charge on any atom is 0.244 e. The van der Waals surface area contributed by atoms with Gasteiger partial charge in [0.1, 0.15) is 6.04 Å². The topological polar surface area (TPSA) is 53.4 Å². The number of nitrogens with one attached hydrogen (secondary N) is 1. The van der Waals surface area contributed by atoms with Crippen LogP contribution in [0.15, 0.2) is 36.7 Å². The van der Waals surface area contributed by atoms with Crippen LogP contribution in [0.1, 0.15) is 11.6 Å². The first kappa shape index (κ1) is 16.8. The van der Waals surface area contributed by atoms with Gasteiger partial charge in [-0.2, -0.15) is 5.10 Å². The Labute approximate surface area is 147 Å². The van der Waals surface area contributed by atoms with Crippen molar-refractivity contribution in [3.05, 3.63) is 47.2 Å². The van der Waals surface area contributed by atoms with E-state index in [4.69, 9.17) is 11.6 Å². The van der Waals surface area contributed by atoms with Gasteiger partial charge in [-0.3, -0.25) is 9.48 Å². The number of piperazine rings is 1. The molecule has 6 nitrogen and oxygen atoms in total. The summed E-state index contributed by atoms with van der Waals surface area (Å²) in [6.07, 6.45) is 3.61. The molecule has 0 saturated carbocycles. The molecule has 1 aromatic heterocycles. The second-order valence-corrected chi connectivity index (χ2v) is 6.40. The Morgan fingerprint density at radius 3 is 2.62 bits per heavy atom. The summed E-state index contributed by atoms with van der Waals surface area (Å²) >= 11 is 6.07. The number of likely N-dealkylation sites (N-methyl/N-ethyl adjacent to an activating group) is 1. The second-order valence-electron chi connectivity index (χ2n) is 5.96. The Morgan fingerprint density at radius 1 is 1.29 bits per heavy atom. The quantitative estimate of drug-likeness (QED) is 0.914. The number of aromatic nitrogens is 2. The van der Waals surface area contributed by atoms with Gasteiger partial charge in [-0.15, -0.1) is 0 Å². The number of benzene rings is 1. The summed E-state index contributed by atoms with van der Waals surface area (Å²) in [7, 11) is 3.66. The molecule has 1 atom stereocenters. The minimum atomic E-state index is -0.351. The fourth-order valence-corrected chi connectivity index (χ4v) is 3.25. The number of nitrogens with zero attached hydrogens (tertiary/aromatic N) is 4. The molecule has 2 aromatic rings. The van der Waals surface area contributed by atoms with Crippen LogP contribution in [0.5, 0.6) is 0 Å². The predicted molar refractivity (Wildman–Crippen MR) is 95.3 cm³/mol. The summed E-state index contributed by atoms with van der Waals surface area (Å²) in [5, 5.41) is 8.00. The van der Waals surface area contributed by atoms with Crippen LogP contribution in [0.3, 0.4) is 0 Å². The molecule has 1 saturated heterocycles. The van der Waals surface area contributed by atoms with E-state index in [1.807, 2.05) is 36.3 Å². The lowest BCUT2D eigenvalue weighted by Crippen LogP contribution is -2.51. The molecule has 128 valence electrons. The van der Waals surface area contributed by atoms with Gasteiger partial charge in [-0.05, 0) is 25.2 Å². The van der Waals surface area contributed by atoms with Crippen molar-refractivity contribution in [3.8, 4) is 0 Å². The van der Waals surface area contributed by atoms with Crippen LogP contribution in [0.25, 0.3) is 0 Å². The lowest BCUT2D eigenvalue weighted by molar-refractivity contribution is -0.133. The van der Waals surface area contributed by atoms with E-state index in [9.17, 15) is 4.79 Å². The Morgan fingerprint density at radius 2 is 2.04 bits per heavy atom. The van der Waals surface area contributed by atoms with Crippen molar-refractivity contribution in [2.24, 2.45) is 7.05 Å². The lowest BCUT2D eigenvalue weighted by Gasteiger charge is -2.37. The summed E-state index contributed by atoms with van der Waals surface area (Å²) in [4.78, 5) is 17.0. The standard InChI is InChI=1S/C17H22ClN5O/c1-19-16(13-11-20-21(2)12-13)17(24)23-8-6-22(7-9-23)15-5-3-4-14(18)10-15/h3-5,10-12,16,19H,6-9H2,1-2H3. The van der Waals surface area contributed by atoms with Gasteiger partial charge in [0.2, 0.25) is 5.91 Å². The Hall–Kier alpha value is -2.05. The Balaban J connectivity index is 1.64. The van der Waals surface area contributed by atoms with E-state index in [1.54, 1.807) is 17.9 Å². The van der Waals surface area contributed by atoms with Crippen molar-refractivity contribution in [1.29, 1.82) is 0 Å². The lowest BCUT2D eigenvalue weighted by atomic mass is 10.1. The molecular formula is C17H22ClN5O. The minimum Gasteiger partial charge on any atom is -0.368 e. The molecule has 7 heteroatoms. The number of amides is 1. The summed E-state index contributed by atoms with van der Waals surface area (Å²) in [6, 6.07) is 7.49. The highest BCUT2D eigenvalue weighted by molar-refractivity contribution is 6.30. The second kappa shape index (κ2) is 7.23. The first-order valence-corrected chi connectivity index (χ1v) is 8.41. The number of rotatable bonds is 4. The van der Waals surface area contributed by atoms with Gasteiger partial charge in [0.15, 0.2) is 0 Å². The predicted octanol–water partition coefficient (Wildman–Crippen LogP) is 1.68. The van der Waals surface area contributed by atoms with Gasteiger partial charge in [0, 0.05) is 55.7 Å². The van der Waals surface area contributed by atoms with Gasteiger partial charge < -0.3 is 15.1 Å². The van der Waals surface area contributed by atoms with Gasteiger partial charge in [-0.1, -0.05) is 17.7 Å². The maximum atomic E-state index is 12.8. The smallest absolute Gasteiger partial charge is 0.244 e. The molecule has 1 amide bonds. The van der Waals surface area contributed by atoms with Crippen molar-refractivity contribution in [2.45, 2.75) is 6.04 Å². The van der Waals surface area contributed by atoms with E-state index in [0.717, 1.165) is 29.4 Å². The maximum absolute atomic E-state index is 12.8. The van der Waals surface area contributed by atoms with Crippen molar-refractivity contribution in [3.63, 3.8) is 0 Å². The van der Waals surface area contributed by atoms with Crippen molar-refractivity contribution in [1.82, 2.24) is 20.0 Å². The minimum absolute atomic E-state index is 0.0937. The van der Waals surface area contributed by atoms with E-state index in [0.29, 0.717) is 13.1 Å². The number of hydrogen-bond donors (Lipinski definition) is 1. The third-order valence-corrected chi connectivity index (χ3v) is 4.59. The Kier molecular flexibility index (Phi) is 5.06. The third kappa shape index (κ3) is 3.55. The zero-order chi connectivity index (χ0) is 17.1. The molecule has 3 rings (SSSR count). The molecule has 0 spiro atoms. The molecule has 24 heavy (non-hydrogen) atoms. The van der Waals surface area contributed by atoms with Crippen LogP contribution in [0, 0.1) is 0 Å². The normalized spacial score (nSPS) is 16.3. The molecule has 1 aromatic carbocycles. The largest absolute Gasteiger partial charge is 0.368 e. The van der Waals surface area contributed by atoms with Crippen molar-refractivity contribution < 1.29 is 4.79 Å². The van der Waals surface area contributed by atoms with Gasteiger partial charge in [-0.25, -0.2) is 0 Å². The molecule has 1 aliphatic heterocycles. The fourth-order valence-electron chi connectivity index (χ4n) is 3.06. The van der Waals surface area contributed by atoms with Gasteiger partial charge in [0.25, 0.3) is 0 Å². The molecule has 1 unspecified atom stereocenters. The highest BCUT2D eigenvalue weighted by Crippen LogP contribution is 2.22. The average molecular weight is 348 g/mol. The molecule has 2 heterocycles. The summed E-state index contributed by atoms with van der Waals surface area (Å²) < 4.78 is 1.71. The van der Waals surface area contributed by atoms with E-state index >= 15 is 0 Å². The number of hydrogen-bond acceptors (Lipinski definition) is 4. The van der Waals surface area contributed by atoms with Gasteiger partial charge in [0.05, 0.1) is 6.20 Å². The SMILES string of the molecule is CNC(C(=O)N1CCN(c2cccc(Cl)c2)CC1)c1cnn(C)c1. The monoisotopic (exact) mass is 347 g/mol. The highest BCUT2D eigenvalue weighted by Gasteiger charge is 2.28. The van der Waals surface area contributed by atoms with Crippen LogP contribution < -0.4 is 10.2 Å². The first-order chi connectivity index (χ1) is 11.6. The van der Waals surface area contributed by atoms with Crippen molar-refractivity contribution in [2.75, 3.05) is 38.1 Å². The zero-order valence-electron chi connectivity index (χ0n) is 13.9. The zero-order valence-corrected chi connectivity index (χ0v) is 14.7. The fraction of sp³-hybridized carbons (Fsp3) is 0.412. The van der Waals surface area contributed by atoms with E-state index in [2.05, 4.69) is 21.4 Å². The van der Waals surface area contributed by atoms with Crippen LogP contribution in [-0.4, -0.2) is 53.8 Å². The number of aryl methyl sites for hydroxylation is 1. The van der Waals surface area contributed by atoms with E-state index in [-0.39, 0.29) is 11.9 Å². The van der Waals surface area contributed by atoms with E-state index in [1.165, 1.54) is 0 Å². The van der Waals surface area contributed by atoms with Crippen LogP contribution in [0.2, 0.25) is 5.02 Å². The summed E-state index contributed by atoms with van der Waals surface area (Å²) in [6.45, 7) is 3.00. The molecule has 0 aliphatic carbocycles. The molecule has 0 radical (unpaired) electrons. The molecule has 0 bridgehead atoms. The summed E-state index contributed by atoms with van der Waals surface area (Å²) in [5.74, 6) is 0.0937. The van der Waals surface area contributed by atoms with Crippen molar-refractivity contribution >= 4 is 23.2 Å². The molecule has 1 aliphatic rings. The number of anilines is 1. The summed E-state index contributed by atoms with van der Waals surface area (Å²) in [5.41, 5.74) is 1.99. The van der Waals surface area contributed by atoms with Crippen LogP contribution >= 0.6 is 11.6 Å². The number of carbonyl (C=O) groups excluding carboxylic acids is 1. The number of halogens is 1. The third-order valence-electron chi connectivity index (χ3n) is 4.36. The number of carbonyl (C=O) groups is 1. The van der Waals surface area contributed by atoms with E-state index < -0.39 is 0 Å². The molecule has 1 fully saturated rings. The first-order valence-electron chi connectivity index (χ1n) is 8.03. The molecular weight excluding hydrogens is 326 g/mol. The average Bonchev–Trinajstić information content (AvgIpc) is 3.02. The van der Waals surface area contributed by atoms with Crippen LogP contribution in [-0.2, 0) is 11.8 Å². The Bertz CT molecular complexity index is 709. The molecule has 1 N–H and O–H groups in total. The highest BCUT2D eigenvalue weighted by atomic mass is 35.5. The van der Waals surface area contributed by atoms with Gasteiger partial charge >= 0.3 is 0 Å².